The van der Waals surface area contributed by atoms with Crippen LogP contribution in [0.15, 0.2) is 47.5 Å². The molecule has 0 unspecified atom stereocenters. The molecule has 0 aliphatic carbocycles. The Balaban J connectivity index is 2.27. The predicted molar refractivity (Wildman–Crippen MR) is 74.5 cm³/mol. The Morgan fingerprint density at radius 2 is 1.85 bits per heavy atom. The maximum atomic E-state index is 11.4. The molecule has 106 valence electrons. The van der Waals surface area contributed by atoms with Gasteiger partial charge in [0.1, 0.15) is 5.75 Å². The SMILES string of the molecule is C[C@H](O)c1cccnc1Oc1ccc(S(C)(=O)=O)cc1. The first-order valence-electron chi connectivity index (χ1n) is 5.99. The van der Waals surface area contributed by atoms with Gasteiger partial charge in [-0.2, -0.15) is 0 Å². The highest BCUT2D eigenvalue weighted by Crippen LogP contribution is 2.27. The van der Waals surface area contributed by atoms with Gasteiger partial charge in [0, 0.05) is 18.0 Å². The van der Waals surface area contributed by atoms with E-state index in [1.54, 1.807) is 37.4 Å². The summed E-state index contributed by atoms with van der Waals surface area (Å²) in [5.41, 5.74) is 0.569. The Morgan fingerprint density at radius 1 is 1.20 bits per heavy atom. The maximum Gasteiger partial charge on any atom is 0.225 e. The number of rotatable bonds is 4. The van der Waals surface area contributed by atoms with Crippen LogP contribution in [-0.4, -0.2) is 24.8 Å². The highest BCUT2D eigenvalue weighted by Gasteiger charge is 2.11. The Morgan fingerprint density at radius 3 is 2.40 bits per heavy atom. The fourth-order valence-corrected chi connectivity index (χ4v) is 2.30. The first-order chi connectivity index (χ1) is 9.38. The zero-order valence-electron chi connectivity index (χ0n) is 11.1. The summed E-state index contributed by atoms with van der Waals surface area (Å²) in [4.78, 5) is 4.29. The number of aromatic nitrogens is 1. The van der Waals surface area contributed by atoms with Gasteiger partial charge in [0.25, 0.3) is 0 Å². The third-order valence-corrected chi connectivity index (χ3v) is 3.85. The summed E-state index contributed by atoms with van der Waals surface area (Å²) in [5.74, 6) is 0.757. The molecule has 2 aromatic rings. The van der Waals surface area contributed by atoms with E-state index in [0.29, 0.717) is 17.2 Å². The number of benzene rings is 1. The number of sulfone groups is 1. The zero-order chi connectivity index (χ0) is 14.8. The van der Waals surface area contributed by atoms with Gasteiger partial charge in [0.2, 0.25) is 5.88 Å². The van der Waals surface area contributed by atoms with Crippen molar-refractivity contribution in [2.45, 2.75) is 17.9 Å². The number of hydrogen-bond acceptors (Lipinski definition) is 5. The van der Waals surface area contributed by atoms with Crippen molar-refractivity contribution in [1.29, 1.82) is 0 Å². The average Bonchev–Trinajstić information content (AvgIpc) is 2.38. The van der Waals surface area contributed by atoms with E-state index in [2.05, 4.69) is 4.98 Å². The van der Waals surface area contributed by atoms with Crippen LogP contribution in [0, 0.1) is 0 Å². The molecule has 0 aliphatic rings. The van der Waals surface area contributed by atoms with Gasteiger partial charge in [0.05, 0.1) is 11.0 Å². The molecule has 0 radical (unpaired) electrons. The molecule has 0 aliphatic heterocycles. The molecule has 0 saturated carbocycles. The van der Waals surface area contributed by atoms with E-state index in [0.717, 1.165) is 6.26 Å². The number of nitrogens with zero attached hydrogens (tertiary/aromatic N) is 1. The second-order valence-electron chi connectivity index (χ2n) is 4.42. The minimum atomic E-state index is -3.23. The highest BCUT2D eigenvalue weighted by atomic mass is 32.2. The van der Waals surface area contributed by atoms with Crippen molar-refractivity contribution in [1.82, 2.24) is 4.98 Å². The average molecular weight is 293 g/mol. The van der Waals surface area contributed by atoms with Crippen LogP contribution in [0.3, 0.4) is 0 Å². The molecule has 5 nitrogen and oxygen atoms in total. The summed E-state index contributed by atoms with van der Waals surface area (Å²) in [6, 6.07) is 9.47. The number of aliphatic hydroxyl groups excluding tert-OH is 1. The molecule has 0 bridgehead atoms. The monoisotopic (exact) mass is 293 g/mol. The van der Waals surface area contributed by atoms with Crippen molar-refractivity contribution in [2.75, 3.05) is 6.26 Å². The minimum Gasteiger partial charge on any atom is -0.439 e. The fourth-order valence-electron chi connectivity index (χ4n) is 1.67. The standard InChI is InChI=1S/C14H15NO4S/c1-10(16)13-4-3-9-15-14(13)19-11-5-7-12(8-6-11)20(2,17)18/h3-10,16H,1-2H3/t10-/m0/s1. The normalized spacial score (nSPS) is 12.9. The molecule has 1 atom stereocenters. The van der Waals surface area contributed by atoms with E-state index in [4.69, 9.17) is 4.74 Å². The number of hydrogen-bond donors (Lipinski definition) is 1. The van der Waals surface area contributed by atoms with Crippen LogP contribution >= 0.6 is 0 Å². The minimum absolute atomic E-state index is 0.224. The summed E-state index contributed by atoms with van der Waals surface area (Å²) in [7, 11) is -3.23. The van der Waals surface area contributed by atoms with Crippen LogP contribution < -0.4 is 4.74 Å². The van der Waals surface area contributed by atoms with Crippen LogP contribution in [0.25, 0.3) is 0 Å². The number of pyridine rings is 1. The third-order valence-electron chi connectivity index (χ3n) is 2.72. The molecule has 1 aromatic heterocycles. The Hall–Kier alpha value is -1.92. The van der Waals surface area contributed by atoms with Crippen LogP contribution in [0.4, 0.5) is 0 Å². The zero-order valence-corrected chi connectivity index (χ0v) is 12.0. The van der Waals surface area contributed by atoms with E-state index in [1.165, 1.54) is 12.1 Å². The lowest BCUT2D eigenvalue weighted by Crippen LogP contribution is -1.99. The predicted octanol–water partition coefficient (Wildman–Crippen LogP) is 2.33. The molecule has 0 spiro atoms. The van der Waals surface area contributed by atoms with Crippen LogP contribution in [-0.2, 0) is 9.84 Å². The van der Waals surface area contributed by atoms with E-state index >= 15 is 0 Å². The Labute approximate surface area is 117 Å². The van der Waals surface area contributed by atoms with Gasteiger partial charge in [0.15, 0.2) is 9.84 Å². The van der Waals surface area contributed by atoms with Crippen molar-refractivity contribution >= 4 is 9.84 Å². The maximum absolute atomic E-state index is 11.4. The first kappa shape index (κ1) is 14.5. The molecule has 0 amide bonds. The number of ether oxygens (including phenoxy) is 1. The quantitative estimate of drug-likeness (QED) is 0.936. The van der Waals surface area contributed by atoms with Crippen LogP contribution in [0.1, 0.15) is 18.6 Å². The summed E-state index contributed by atoms with van der Waals surface area (Å²) in [5, 5.41) is 9.63. The topological polar surface area (TPSA) is 76.5 Å². The molecular formula is C14H15NO4S. The summed E-state index contributed by atoms with van der Waals surface area (Å²) < 4.78 is 28.3. The van der Waals surface area contributed by atoms with E-state index in [9.17, 15) is 13.5 Å². The van der Waals surface area contributed by atoms with Crippen molar-refractivity contribution in [3.63, 3.8) is 0 Å². The van der Waals surface area contributed by atoms with E-state index in [1.807, 2.05) is 0 Å². The van der Waals surface area contributed by atoms with Gasteiger partial charge >= 0.3 is 0 Å². The van der Waals surface area contributed by atoms with Crippen molar-refractivity contribution < 1.29 is 18.3 Å². The summed E-state index contributed by atoms with van der Waals surface area (Å²) in [6.45, 7) is 1.62. The highest BCUT2D eigenvalue weighted by molar-refractivity contribution is 7.90. The molecule has 2 rings (SSSR count). The lowest BCUT2D eigenvalue weighted by molar-refractivity contribution is 0.194. The second-order valence-corrected chi connectivity index (χ2v) is 6.44. The van der Waals surface area contributed by atoms with Crippen molar-refractivity contribution in [2.24, 2.45) is 0 Å². The first-order valence-corrected chi connectivity index (χ1v) is 7.88. The summed E-state index contributed by atoms with van der Waals surface area (Å²) >= 11 is 0. The number of aliphatic hydroxyl groups is 1. The largest absolute Gasteiger partial charge is 0.439 e. The van der Waals surface area contributed by atoms with Crippen LogP contribution in [0.5, 0.6) is 11.6 Å². The molecule has 6 heteroatoms. The van der Waals surface area contributed by atoms with Gasteiger partial charge in [-0.1, -0.05) is 0 Å². The fraction of sp³-hybridized carbons (Fsp3) is 0.214. The van der Waals surface area contributed by atoms with E-state index < -0.39 is 15.9 Å². The molecule has 1 N–H and O–H groups in total. The molecule has 1 aromatic carbocycles. The van der Waals surface area contributed by atoms with Gasteiger partial charge < -0.3 is 9.84 Å². The Bertz CT molecular complexity index is 693. The van der Waals surface area contributed by atoms with E-state index in [-0.39, 0.29) is 4.90 Å². The van der Waals surface area contributed by atoms with Crippen LogP contribution in [0.2, 0.25) is 0 Å². The van der Waals surface area contributed by atoms with Gasteiger partial charge in [-0.05, 0) is 43.3 Å². The van der Waals surface area contributed by atoms with Gasteiger partial charge in [-0.25, -0.2) is 13.4 Å². The van der Waals surface area contributed by atoms with Crippen molar-refractivity contribution in [3.8, 4) is 11.6 Å². The molecule has 0 fully saturated rings. The third kappa shape index (κ3) is 3.34. The molecule has 0 saturated heterocycles. The Kier molecular flexibility index (Phi) is 4.06. The second kappa shape index (κ2) is 5.60. The molecular weight excluding hydrogens is 278 g/mol. The lowest BCUT2D eigenvalue weighted by Gasteiger charge is -2.11. The lowest BCUT2D eigenvalue weighted by atomic mass is 10.2. The van der Waals surface area contributed by atoms with Gasteiger partial charge in [-0.3, -0.25) is 0 Å². The van der Waals surface area contributed by atoms with Crippen molar-refractivity contribution in [3.05, 3.63) is 48.2 Å². The molecule has 20 heavy (non-hydrogen) atoms. The summed E-state index contributed by atoms with van der Waals surface area (Å²) in [6.07, 6.45) is 2.01. The van der Waals surface area contributed by atoms with Gasteiger partial charge in [-0.15, -0.1) is 0 Å². The smallest absolute Gasteiger partial charge is 0.225 e. The molecule has 1 heterocycles.